The van der Waals surface area contributed by atoms with Gasteiger partial charge < -0.3 is 9.67 Å². The first-order valence-electron chi connectivity index (χ1n) is 6.46. The van der Waals surface area contributed by atoms with E-state index in [1.54, 1.807) is 0 Å². The summed E-state index contributed by atoms with van der Waals surface area (Å²) in [7, 11) is 0. The van der Waals surface area contributed by atoms with Crippen LogP contribution in [0.1, 0.15) is 31.2 Å². The highest BCUT2D eigenvalue weighted by Gasteiger charge is 2.18. The van der Waals surface area contributed by atoms with E-state index in [0.717, 1.165) is 12.4 Å². The third kappa shape index (κ3) is 3.19. The van der Waals surface area contributed by atoms with Crippen LogP contribution in [0.25, 0.3) is 0 Å². The van der Waals surface area contributed by atoms with Gasteiger partial charge in [0.25, 0.3) is 0 Å². The number of hydrogen-bond donors (Lipinski definition) is 1. The van der Waals surface area contributed by atoms with Gasteiger partial charge in [0.2, 0.25) is 0 Å². The van der Waals surface area contributed by atoms with Crippen molar-refractivity contribution in [3.63, 3.8) is 0 Å². The molecule has 1 aromatic heterocycles. The molecule has 6 heteroatoms. The number of aliphatic carboxylic acids is 1. The molecule has 1 heterocycles. The minimum Gasteiger partial charge on any atom is -0.481 e. The van der Waals surface area contributed by atoms with Gasteiger partial charge in [-0.15, -0.1) is 10.2 Å². The molecule has 0 aliphatic rings. The third-order valence-corrected chi connectivity index (χ3v) is 4.02. The fourth-order valence-electron chi connectivity index (χ4n) is 2.04. The summed E-state index contributed by atoms with van der Waals surface area (Å²) in [6.45, 7) is 4.81. The predicted molar refractivity (Wildman–Crippen MR) is 78.0 cm³/mol. The van der Waals surface area contributed by atoms with Gasteiger partial charge in [0.05, 0.1) is 5.75 Å². The number of hydrogen-bond acceptors (Lipinski definition) is 4. The Kier molecular flexibility index (Phi) is 4.79. The van der Waals surface area contributed by atoms with Crippen LogP contribution in [0.15, 0.2) is 35.5 Å². The van der Waals surface area contributed by atoms with Crippen molar-refractivity contribution < 1.29 is 9.90 Å². The average Bonchev–Trinajstić information content (AvgIpc) is 2.88. The lowest BCUT2D eigenvalue weighted by molar-refractivity contribution is -0.133. The molecule has 0 aliphatic heterocycles. The van der Waals surface area contributed by atoms with Gasteiger partial charge in [0, 0.05) is 12.5 Å². The van der Waals surface area contributed by atoms with Gasteiger partial charge in [-0.3, -0.25) is 4.79 Å². The molecular weight excluding hydrogens is 274 g/mol. The molecule has 1 aromatic carbocycles. The highest BCUT2D eigenvalue weighted by atomic mass is 32.2. The molecule has 0 aliphatic carbocycles. The largest absolute Gasteiger partial charge is 0.481 e. The summed E-state index contributed by atoms with van der Waals surface area (Å²) in [6, 6.07) is 10.1. The Morgan fingerprint density at radius 3 is 2.65 bits per heavy atom. The summed E-state index contributed by atoms with van der Waals surface area (Å²) in [5, 5.41) is 17.8. The molecule has 1 atom stereocenters. The first-order chi connectivity index (χ1) is 9.63. The van der Waals surface area contributed by atoms with Crippen molar-refractivity contribution in [2.75, 3.05) is 5.75 Å². The van der Waals surface area contributed by atoms with E-state index in [0.29, 0.717) is 5.16 Å². The molecule has 2 rings (SSSR count). The van der Waals surface area contributed by atoms with Crippen LogP contribution in [-0.4, -0.2) is 31.6 Å². The van der Waals surface area contributed by atoms with Crippen molar-refractivity contribution in [1.82, 2.24) is 14.8 Å². The Balaban J connectivity index is 2.26. The van der Waals surface area contributed by atoms with Crippen LogP contribution < -0.4 is 0 Å². The summed E-state index contributed by atoms with van der Waals surface area (Å²) in [4.78, 5) is 10.7. The second-order valence-electron chi connectivity index (χ2n) is 4.40. The quantitative estimate of drug-likeness (QED) is 0.829. The zero-order valence-corrected chi connectivity index (χ0v) is 12.3. The Morgan fingerprint density at radius 2 is 2.05 bits per heavy atom. The van der Waals surface area contributed by atoms with Gasteiger partial charge in [-0.25, -0.2) is 0 Å². The standard InChI is InChI=1S/C14H17N3O2S/c1-3-17-13(10(2)11-7-5-4-6-8-11)15-16-14(17)20-9-12(18)19/h4-8,10H,3,9H2,1-2H3,(H,18,19). The van der Waals surface area contributed by atoms with Gasteiger partial charge in [-0.1, -0.05) is 49.0 Å². The van der Waals surface area contributed by atoms with E-state index in [-0.39, 0.29) is 11.7 Å². The van der Waals surface area contributed by atoms with Gasteiger partial charge >= 0.3 is 5.97 Å². The highest BCUT2D eigenvalue weighted by molar-refractivity contribution is 7.99. The van der Waals surface area contributed by atoms with Crippen LogP contribution in [0, 0.1) is 0 Å². The summed E-state index contributed by atoms with van der Waals surface area (Å²) in [6.07, 6.45) is 0. The maximum atomic E-state index is 10.7. The summed E-state index contributed by atoms with van der Waals surface area (Å²) < 4.78 is 1.98. The Hall–Kier alpha value is -1.82. The average molecular weight is 291 g/mol. The molecule has 5 nitrogen and oxygen atoms in total. The zero-order chi connectivity index (χ0) is 14.5. The molecule has 0 spiro atoms. The van der Waals surface area contributed by atoms with Crippen LogP contribution in [0.5, 0.6) is 0 Å². The normalized spacial score (nSPS) is 12.3. The number of nitrogens with zero attached hydrogens (tertiary/aromatic N) is 3. The van der Waals surface area contributed by atoms with Gasteiger partial charge in [-0.2, -0.15) is 0 Å². The Labute approximate surface area is 122 Å². The molecule has 106 valence electrons. The van der Waals surface area contributed by atoms with Crippen molar-refractivity contribution in [3.8, 4) is 0 Å². The molecule has 1 unspecified atom stereocenters. The minimum atomic E-state index is -0.849. The van der Waals surface area contributed by atoms with E-state index in [4.69, 9.17) is 5.11 Å². The number of aromatic nitrogens is 3. The molecule has 0 bridgehead atoms. The second-order valence-corrected chi connectivity index (χ2v) is 5.34. The minimum absolute atomic E-state index is 0.00213. The molecule has 20 heavy (non-hydrogen) atoms. The smallest absolute Gasteiger partial charge is 0.313 e. The molecule has 2 aromatic rings. The Bertz CT molecular complexity index is 583. The third-order valence-electron chi connectivity index (χ3n) is 3.07. The predicted octanol–water partition coefficient (Wildman–Crippen LogP) is 2.63. The number of carboxylic acid groups (broad SMARTS) is 1. The van der Waals surface area contributed by atoms with Gasteiger partial charge in [-0.05, 0) is 12.5 Å². The van der Waals surface area contributed by atoms with Crippen LogP contribution in [0.3, 0.4) is 0 Å². The van der Waals surface area contributed by atoms with Crippen molar-refractivity contribution in [3.05, 3.63) is 41.7 Å². The number of carbonyl (C=O) groups is 1. The van der Waals surface area contributed by atoms with Crippen molar-refractivity contribution >= 4 is 17.7 Å². The van der Waals surface area contributed by atoms with Crippen LogP contribution in [0.4, 0.5) is 0 Å². The fraction of sp³-hybridized carbons (Fsp3) is 0.357. The van der Waals surface area contributed by atoms with E-state index in [2.05, 4.69) is 29.3 Å². The molecule has 0 fully saturated rings. The topological polar surface area (TPSA) is 68.0 Å². The number of carboxylic acids is 1. The van der Waals surface area contributed by atoms with Crippen LogP contribution in [0.2, 0.25) is 0 Å². The van der Waals surface area contributed by atoms with Gasteiger partial charge in [0.1, 0.15) is 5.82 Å². The SMILES string of the molecule is CCn1c(SCC(=O)O)nnc1C(C)c1ccccc1. The molecule has 1 N–H and O–H groups in total. The highest BCUT2D eigenvalue weighted by Crippen LogP contribution is 2.26. The maximum Gasteiger partial charge on any atom is 0.313 e. The fourth-order valence-corrected chi connectivity index (χ4v) is 2.77. The van der Waals surface area contributed by atoms with Crippen LogP contribution >= 0.6 is 11.8 Å². The lowest BCUT2D eigenvalue weighted by Crippen LogP contribution is -2.08. The van der Waals surface area contributed by atoms with E-state index in [1.807, 2.05) is 29.7 Å². The van der Waals surface area contributed by atoms with Crippen molar-refractivity contribution in [2.45, 2.75) is 31.5 Å². The van der Waals surface area contributed by atoms with E-state index in [9.17, 15) is 4.79 Å². The first kappa shape index (κ1) is 14.6. The number of benzene rings is 1. The van der Waals surface area contributed by atoms with Crippen molar-refractivity contribution in [1.29, 1.82) is 0 Å². The summed E-state index contributed by atoms with van der Waals surface area (Å²) in [5.41, 5.74) is 1.17. The number of rotatable bonds is 6. The molecule has 0 saturated carbocycles. The Morgan fingerprint density at radius 1 is 1.35 bits per heavy atom. The lowest BCUT2D eigenvalue weighted by atomic mass is 10.0. The van der Waals surface area contributed by atoms with Crippen LogP contribution in [-0.2, 0) is 11.3 Å². The molecule has 0 saturated heterocycles. The van der Waals surface area contributed by atoms with E-state index >= 15 is 0 Å². The van der Waals surface area contributed by atoms with E-state index < -0.39 is 5.97 Å². The van der Waals surface area contributed by atoms with Gasteiger partial charge in [0.15, 0.2) is 5.16 Å². The summed E-state index contributed by atoms with van der Waals surface area (Å²) in [5.74, 6) is 0.144. The van der Waals surface area contributed by atoms with Crippen molar-refractivity contribution in [2.24, 2.45) is 0 Å². The molecule has 0 radical (unpaired) electrons. The monoisotopic (exact) mass is 291 g/mol. The lowest BCUT2D eigenvalue weighted by Gasteiger charge is -2.13. The van der Waals surface area contributed by atoms with E-state index in [1.165, 1.54) is 17.3 Å². The number of thioether (sulfide) groups is 1. The second kappa shape index (κ2) is 6.56. The zero-order valence-electron chi connectivity index (χ0n) is 11.5. The molecular formula is C14H17N3O2S. The maximum absolute atomic E-state index is 10.7. The first-order valence-corrected chi connectivity index (χ1v) is 7.44. The summed E-state index contributed by atoms with van der Waals surface area (Å²) >= 11 is 1.20. The molecule has 0 amide bonds.